The van der Waals surface area contributed by atoms with Crippen LogP contribution in [0.15, 0.2) is 36.7 Å². The molecule has 2 aromatic heterocycles. The van der Waals surface area contributed by atoms with Crippen molar-refractivity contribution in [2.24, 2.45) is 5.84 Å². The molecule has 110 valence electrons. The van der Waals surface area contributed by atoms with Crippen molar-refractivity contribution in [1.29, 1.82) is 0 Å². The molecule has 0 atom stereocenters. The summed E-state index contributed by atoms with van der Waals surface area (Å²) < 4.78 is 0. The lowest BCUT2D eigenvalue weighted by molar-refractivity contribution is 0.0950. The lowest BCUT2D eigenvalue weighted by Crippen LogP contribution is -2.23. The summed E-state index contributed by atoms with van der Waals surface area (Å²) in [6.07, 6.45) is 3.42. The van der Waals surface area contributed by atoms with Crippen molar-refractivity contribution in [3.8, 4) is 0 Å². The van der Waals surface area contributed by atoms with Gasteiger partial charge in [0.25, 0.3) is 5.91 Å². The molecule has 0 aliphatic rings. The standard InChI is InChI=1S/C15H19N5O/c1-10(2)13-6-12(7-14(19-13)20-16)15(21)18-9-11-4-3-5-17-8-11/h3-8,10H,9,16H2,1-2H3,(H,18,21)(H,19,20). The van der Waals surface area contributed by atoms with E-state index in [0.717, 1.165) is 11.3 Å². The Morgan fingerprint density at radius 3 is 2.81 bits per heavy atom. The monoisotopic (exact) mass is 285 g/mol. The van der Waals surface area contributed by atoms with Crippen molar-refractivity contribution < 1.29 is 4.79 Å². The molecule has 6 nitrogen and oxygen atoms in total. The molecule has 0 bridgehead atoms. The first-order valence-corrected chi connectivity index (χ1v) is 6.76. The molecule has 0 aliphatic carbocycles. The van der Waals surface area contributed by atoms with Crippen molar-refractivity contribution in [3.63, 3.8) is 0 Å². The van der Waals surface area contributed by atoms with Crippen LogP contribution in [0.2, 0.25) is 0 Å². The summed E-state index contributed by atoms with van der Waals surface area (Å²) in [5.74, 6) is 5.92. The summed E-state index contributed by atoms with van der Waals surface area (Å²) in [6, 6.07) is 7.15. The number of aromatic nitrogens is 2. The molecular formula is C15H19N5O. The fourth-order valence-electron chi connectivity index (χ4n) is 1.84. The summed E-state index contributed by atoms with van der Waals surface area (Å²) in [5.41, 5.74) is 4.79. The Kier molecular flexibility index (Phi) is 4.84. The number of rotatable bonds is 5. The molecule has 0 radical (unpaired) electrons. The van der Waals surface area contributed by atoms with Crippen LogP contribution in [-0.4, -0.2) is 15.9 Å². The van der Waals surface area contributed by atoms with Crippen molar-refractivity contribution >= 4 is 11.7 Å². The van der Waals surface area contributed by atoms with E-state index < -0.39 is 0 Å². The van der Waals surface area contributed by atoms with Gasteiger partial charge in [-0.2, -0.15) is 0 Å². The van der Waals surface area contributed by atoms with E-state index in [2.05, 4.69) is 20.7 Å². The summed E-state index contributed by atoms with van der Waals surface area (Å²) in [4.78, 5) is 20.6. The average molecular weight is 285 g/mol. The summed E-state index contributed by atoms with van der Waals surface area (Å²) in [7, 11) is 0. The van der Waals surface area contributed by atoms with Crippen LogP contribution in [-0.2, 0) is 6.54 Å². The maximum atomic E-state index is 12.2. The average Bonchev–Trinajstić information content (AvgIpc) is 2.53. The third-order valence-electron chi connectivity index (χ3n) is 3.02. The van der Waals surface area contributed by atoms with Gasteiger partial charge in [0.05, 0.1) is 0 Å². The highest BCUT2D eigenvalue weighted by Gasteiger charge is 2.11. The fourth-order valence-corrected chi connectivity index (χ4v) is 1.84. The van der Waals surface area contributed by atoms with Gasteiger partial charge in [0, 0.05) is 30.2 Å². The first kappa shape index (κ1) is 14.9. The van der Waals surface area contributed by atoms with Gasteiger partial charge < -0.3 is 10.7 Å². The van der Waals surface area contributed by atoms with E-state index in [4.69, 9.17) is 5.84 Å². The number of pyridine rings is 2. The number of nitrogen functional groups attached to an aromatic ring is 1. The minimum absolute atomic E-state index is 0.167. The van der Waals surface area contributed by atoms with Crippen molar-refractivity contribution in [1.82, 2.24) is 15.3 Å². The van der Waals surface area contributed by atoms with Crippen LogP contribution in [0.25, 0.3) is 0 Å². The molecule has 0 spiro atoms. The molecular weight excluding hydrogens is 266 g/mol. The van der Waals surface area contributed by atoms with Gasteiger partial charge in [-0.1, -0.05) is 19.9 Å². The SMILES string of the molecule is CC(C)c1cc(C(=O)NCc2cccnc2)cc(NN)n1. The number of hydrazine groups is 1. The van der Waals surface area contributed by atoms with E-state index in [1.807, 2.05) is 26.0 Å². The quantitative estimate of drug-likeness (QED) is 0.575. The Hall–Kier alpha value is -2.47. The van der Waals surface area contributed by atoms with Crippen LogP contribution < -0.4 is 16.6 Å². The van der Waals surface area contributed by atoms with E-state index in [9.17, 15) is 4.79 Å². The molecule has 2 rings (SSSR count). The molecule has 21 heavy (non-hydrogen) atoms. The number of nitrogens with one attached hydrogen (secondary N) is 2. The highest BCUT2D eigenvalue weighted by molar-refractivity contribution is 5.95. The highest BCUT2D eigenvalue weighted by atomic mass is 16.1. The predicted molar refractivity (Wildman–Crippen MR) is 81.5 cm³/mol. The molecule has 0 aliphatic heterocycles. The minimum atomic E-state index is -0.167. The highest BCUT2D eigenvalue weighted by Crippen LogP contribution is 2.17. The molecule has 6 heteroatoms. The molecule has 0 fully saturated rings. The van der Waals surface area contributed by atoms with Crippen molar-refractivity contribution in [3.05, 3.63) is 53.5 Å². The van der Waals surface area contributed by atoms with Crippen molar-refractivity contribution in [2.45, 2.75) is 26.3 Å². The van der Waals surface area contributed by atoms with Gasteiger partial charge in [0.15, 0.2) is 0 Å². The van der Waals surface area contributed by atoms with E-state index in [-0.39, 0.29) is 11.8 Å². The maximum Gasteiger partial charge on any atom is 0.251 e. The Labute approximate surface area is 123 Å². The van der Waals surface area contributed by atoms with Gasteiger partial charge >= 0.3 is 0 Å². The maximum absolute atomic E-state index is 12.2. The Morgan fingerprint density at radius 1 is 1.38 bits per heavy atom. The van der Waals surface area contributed by atoms with Gasteiger partial charge in [-0.05, 0) is 29.7 Å². The summed E-state index contributed by atoms with van der Waals surface area (Å²) in [5, 5.41) is 2.86. The van der Waals surface area contributed by atoms with Gasteiger partial charge in [0.2, 0.25) is 0 Å². The third kappa shape index (κ3) is 4.00. The van der Waals surface area contributed by atoms with Crippen molar-refractivity contribution in [2.75, 3.05) is 5.43 Å². The number of anilines is 1. The third-order valence-corrected chi connectivity index (χ3v) is 3.02. The lowest BCUT2D eigenvalue weighted by atomic mass is 10.1. The number of nitrogens with two attached hydrogens (primary N) is 1. The molecule has 2 heterocycles. The lowest BCUT2D eigenvalue weighted by Gasteiger charge is -2.11. The number of carbonyl (C=O) groups excluding carboxylic acids is 1. The second-order valence-electron chi connectivity index (χ2n) is 5.01. The van der Waals surface area contributed by atoms with Crippen LogP contribution >= 0.6 is 0 Å². The van der Waals surface area contributed by atoms with Crippen LogP contribution in [0, 0.1) is 0 Å². The number of amides is 1. The van der Waals surface area contributed by atoms with Gasteiger partial charge in [-0.3, -0.25) is 9.78 Å². The summed E-state index contributed by atoms with van der Waals surface area (Å²) >= 11 is 0. The first-order chi connectivity index (χ1) is 10.1. The number of hydrogen-bond donors (Lipinski definition) is 3. The second-order valence-corrected chi connectivity index (χ2v) is 5.01. The Balaban J connectivity index is 2.13. The Morgan fingerprint density at radius 2 is 2.19 bits per heavy atom. The molecule has 0 aromatic carbocycles. The van der Waals surface area contributed by atoms with Crippen LogP contribution in [0.1, 0.15) is 41.4 Å². The zero-order valence-corrected chi connectivity index (χ0v) is 12.1. The van der Waals surface area contributed by atoms with E-state index in [1.165, 1.54) is 0 Å². The van der Waals surface area contributed by atoms with Crippen LogP contribution in [0.3, 0.4) is 0 Å². The summed E-state index contributed by atoms with van der Waals surface area (Å²) in [6.45, 7) is 4.46. The molecule has 0 saturated heterocycles. The van der Waals surface area contributed by atoms with E-state index in [0.29, 0.717) is 17.9 Å². The smallest absolute Gasteiger partial charge is 0.251 e. The number of nitrogens with zero attached hydrogens (tertiary/aromatic N) is 2. The second kappa shape index (κ2) is 6.81. The molecule has 0 unspecified atom stereocenters. The Bertz CT molecular complexity index is 613. The molecule has 1 amide bonds. The largest absolute Gasteiger partial charge is 0.348 e. The zero-order valence-electron chi connectivity index (χ0n) is 12.1. The number of carbonyl (C=O) groups is 1. The van der Waals surface area contributed by atoms with Gasteiger partial charge in [-0.15, -0.1) is 0 Å². The van der Waals surface area contributed by atoms with E-state index >= 15 is 0 Å². The fraction of sp³-hybridized carbons (Fsp3) is 0.267. The zero-order chi connectivity index (χ0) is 15.2. The number of hydrogen-bond acceptors (Lipinski definition) is 5. The van der Waals surface area contributed by atoms with Crippen LogP contribution in [0.5, 0.6) is 0 Å². The normalized spacial score (nSPS) is 10.5. The topological polar surface area (TPSA) is 92.9 Å². The van der Waals surface area contributed by atoms with Gasteiger partial charge in [-0.25, -0.2) is 10.8 Å². The predicted octanol–water partition coefficient (Wildman–Crippen LogP) is 1.82. The van der Waals surface area contributed by atoms with E-state index in [1.54, 1.807) is 24.5 Å². The molecule has 2 aromatic rings. The van der Waals surface area contributed by atoms with Crippen LogP contribution in [0.4, 0.5) is 5.82 Å². The van der Waals surface area contributed by atoms with Gasteiger partial charge in [0.1, 0.15) is 5.82 Å². The molecule has 0 saturated carbocycles. The minimum Gasteiger partial charge on any atom is -0.348 e. The molecule has 4 N–H and O–H groups in total. The first-order valence-electron chi connectivity index (χ1n) is 6.76.